The van der Waals surface area contributed by atoms with Gasteiger partial charge in [0.25, 0.3) is 0 Å². The topological polar surface area (TPSA) is 66.9 Å². The Hall–Kier alpha value is -1.82. The van der Waals surface area contributed by atoms with Gasteiger partial charge in [-0.3, -0.25) is 4.79 Å². The maximum atomic E-state index is 11.3. The Labute approximate surface area is 109 Å². The number of amides is 1. The highest BCUT2D eigenvalue weighted by Gasteiger charge is 2.25. The van der Waals surface area contributed by atoms with Gasteiger partial charge in [0.1, 0.15) is 0 Å². The summed E-state index contributed by atoms with van der Waals surface area (Å²) in [6, 6.07) is 10.1. The highest BCUT2D eigenvalue weighted by Crippen LogP contribution is 2.25. The Bertz CT molecular complexity index is 478. The van der Waals surface area contributed by atoms with E-state index in [1.807, 2.05) is 52.0 Å². The minimum atomic E-state index is -0.549. The van der Waals surface area contributed by atoms with Crippen LogP contribution in [0.3, 0.4) is 0 Å². The zero-order valence-electron chi connectivity index (χ0n) is 11.4. The molecule has 0 radical (unpaired) electrons. The zero-order chi connectivity index (χ0) is 14.0. The molecule has 96 valence electrons. The molecule has 1 rings (SSSR count). The molecule has 0 bridgehead atoms. The third-order valence-electron chi connectivity index (χ3n) is 3.27. The van der Waals surface area contributed by atoms with Gasteiger partial charge in [-0.25, -0.2) is 0 Å². The van der Waals surface area contributed by atoms with Crippen molar-refractivity contribution in [1.29, 1.82) is 5.26 Å². The van der Waals surface area contributed by atoms with Crippen LogP contribution in [0.25, 0.3) is 0 Å². The molecular formula is C15H20N2O. The van der Waals surface area contributed by atoms with Gasteiger partial charge in [-0.2, -0.15) is 5.26 Å². The first-order valence-electron chi connectivity index (χ1n) is 5.99. The van der Waals surface area contributed by atoms with Crippen LogP contribution < -0.4 is 5.73 Å². The molecule has 2 N–H and O–H groups in total. The number of nitriles is 1. The van der Waals surface area contributed by atoms with E-state index in [1.165, 1.54) is 0 Å². The number of carbonyl (C=O) groups is 1. The molecule has 0 saturated carbocycles. The van der Waals surface area contributed by atoms with Crippen molar-refractivity contribution >= 4 is 5.91 Å². The van der Waals surface area contributed by atoms with Crippen molar-refractivity contribution in [1.82, 2.24) is 0 Å². The number of primary amides is 1. The summed E-state index contributed by atoms with van der Waals surface area (Å²) in [6.07, 6.45) is 0.607. The Morgan fingerprint density at radius 1 is 1.22 bits per heavy atom. The summed E-state index contributed by atoms with van der Waals surface area (Å²) in [5.74, 6) is -0.302. The molecule has 0 saturated heterocycles. The van der Waals surface area contributed by atoms with Crippen LogP contribution in [0.5, 0.6) is 0 Å². The van der Waals surface area contributed by atoms with E-state index in [-0.39, 0.29) is 5.91 Å². The minimum absolute atomic E-state index is 0.302. The molecule has 18 heavy (non-hydrogen) atoms. The van der Waals surface area contributed by atoms with Gasteiger partial charge < -0.3 is 5.73 Å². The molecule has 3 heteroatoms. The van der Waals surface area contributed by atoms with Gasteiger partial charge in [0.15, 0.2) is 0 Å². The molecule has 1 aromatic rings. The number of nitrogens with zero attached hydrogens (tertiary/aromatic N) is 1. The van der Waals surface area contributed by atoms with Gasteiger partial charge in [-0.1, -0.05) is 38.1 Å². The second-order valence-corrected chi connectivity index (χ2v) is 5.86. The van der Waals surface area contributed by atoms with Crippen molar-refractivity contribution in [2.45, 2.75) is 39.5 Å². The van der Waals surface area contributed by atoms with Crippen molar-refractivity contribution in [2.24, 2.45) is 11.1 Å². The minimum Gasteiger partial charge on any atom is -0.369 e. The Kier molecular flexibility index (Phi) is 3.81. The standard InChI is InChI=1S/C15H20N2O/c1-14(2,13(17)18)9-11-5-7-12(8-6-11)15(3,4)10-16/h5-8H,9H2,1-4H3,(H2,17,18). The van der Waals surface area contributed by atoms with Crippen molar-refractivity contribution in [3.05, 3.63) is 35.4 Å². The molecule has 0 aliphatic heterocycles. The van der Waals surface area contributed by atoms with E-state index in [9.17, 15) is 4.79 Å². The summed E-state index contributed by atoms with van der Waals surface area (Å²) in [5.41, 5.74) is 6.35. The first kappa shape index (κ1) is 14.2. The molecule has 1 aromatic carbocycles. The predicted octanol–water partition coefficient (Wildman–Crippen LogP) is 2.54. The van der Waals surface area contributed by atoms with Crippen LogP contribution in [0, 0.1) is 16.7 Å². The molecule has 0 aliphatic carbocycles. The van der Waals surface area contributed by atoms with Crippen molar-refractivity contribution in [3.8, 4) is 6.07 Å². The highest BCUT2D eigenvalue weighted by atomic mass is 16.1. The maximum absolute atomic E-state index is 11.3. The fraction of sp³-hybridized carbons (Fsp3) is 0.467. The summed E-state index contributed by atoms with van der Waals surface area (Å²) >= 11 is 0. The fourth-order valence-corrected chi connectivity index (χ4v) is 1.70. The second-order valence-electron chi connectivity index (χ2n) is 5.86. The zero-order valence-corrected chi connectivity index (χ0v) is 11.4. The lowest BCUT2D eigenvalue weighted by Gasteiger charge is -2.21. The average Bonchev–Trinajstić information content (AvgIpc) is 2.29. The quantitative estimate of drug-likeness (QED) is 0.884. The molecule has 0 heterocycles. The van der Waals surface area contributed by atoms with E-state index >= 15 is 0 Å². The van der Waals surface area contributed by atoms with Crippen molar-refractivity contribution < 1.29 is 4.79 Å². The van der Waals surface area contributed by atoms with E-state index in [1.54, 1.807) is 0 Å². The summed E-state index contributed by atoms with van der Waals surface area (Å²) in [5, 5.41) is 9.06. The molecule has 0 fully saturated rings. The summed E-state index contributed by atoms with van der Waals surface area (Å²) in [6.45, 7) is 7.44. The van der Waals surface area contributed by atoms with Gasteiger partial charge >= 0.3 is 0 Å². The molecule has 0 unspecified atom stereocenters. The first-order chi connectivity index (χ1) is 8.19. The number of hydrogen-bond acceptors (Lipinski definition) is 2. The van der Waals surface area contributed by atoms with Crippen LogP contribution >= 0.6 is 0 Å². The van der Waals surface area contributed by atoms with E-state index in [0.29, 0.717) is 6.42 Å². The normalized spacial score (nSPS) is 11.9. The molecular weight excluding hydrogens is 224 g/mol. The number of rotatable bonds is 4. The molecule has 0 atom stereocenters. The summed E-state index contributed by atoms with van der Waals surface area (Å²) < 4.78 is 0. The maximum Gasteiger partial charge on any atom is 0.223 e. The monoisotopic (exact) mass is 244 g/mol. The molecule has 1 amide bonds. The van der Waals surface area contributed by atoms with Crippen LogP contribution in [0.15, 0.2) is 24.3 Å². The molecule has 3 nitrogen and oxygen atoms in total. The number of hydrogen-bond donors (Lipinski definition) is 1. The SMILES string of the molecule is CC(C)(Cc1ccc(C(C)(C)C#N)cc1)C(N)=O. The third-order valence-corrected chi connectivity index (χ3v) is 3.27. The third kappa shape index (κ3) is 3.10. The summed E-state index contributed by atoms with van der Waals surface area (Å²) in [7, 11) is 0. The van der Waals surface area contributed by atoms with Gasteiger partial charge in [-0.05, 0) is 31.4 Å². The Balaban J connectivity index is 2.92. The van der Waals surface area contributed by atoms with Crippen molar-refractivity contribution in [3.63, 3.8) is 0 Å². The lowest BCUT2D eigenvalue weighted by atomic mass is 9.82. The second kappa shape index (κ2) is 4.81. The van der Waals surface area contributed by atoms with Crippen LogP contribution in [0.1, 0.15) is 38.8 Å². The molecule has 0 aliphatic rings. The Morgan fingerprint density at radius 3 is 2.11 bits per heavy atom. The van der Waals surface area contributed by atoms with E-state index in [2.05, 4.69) is 6.07 Å². The fourth-order valence-electron chi connectivity index (χ4n) is 1.70. The van der Waals surface area contributed by atoms with E-state index in [4.69, 9.17) is 11.0 Å². The molecule has 0 aromatic heterocycles. The van der Waals surface area contributed by atoms with Crippen LogP contribution in [-0.2, 0) is 16.6 Å². The predicted molar refractivity (Wildman–Crippen MR) is 71.8 cm³/mol. The Morgan fingerprint density at radius 2 is 1.72 bits per heavy atom. The first-order valence-corrected chi connectivity index (χ1v) is 5.99. The highest BCUT2D eigenvalue weighted by molar-refractivity contribution is 5.80. The largest absolute Gasteiger partial charge is 0.369 e. The van der Waals surface area contributed by atoms with Gasteiger partial charge in [0.2, 0.25) is 5.91 Å². The van der Waals surface area contributed by atoms with Crippen molar-refractivity contribution in [2.75, 3.05) is 0 Å². The van der Waals surface area contributed by atoms with Crippen LogP contribution in [-0.4, -0.2) is 5.91 Å². The number of benzene rings is 1. The van der Waals surface area contributed by atoms with E-state index < -0.39 is 10.8 Å². The van der Waals surface area contributed by atoms with Crippen LogP contribution in [0.2, 0.25) is 0 Å². The summed E-state index contributed by atoms with van der Waals surface area (Å²) in [4.78, 5) is 11.3. The lowest BCUT2D eigenvalue weighted by molar-refractivity contribution is -0.125. The average molecular weight is 244 g/mol. The van der Waals surface area contributed by atoms with E-state index in [0.717, 1.165) is 11.1 Å². The van der Waals surface area contributed by atoms with Gasteiger partial charge in [-0.15, -0.1) is 0 Å². The van der Waals surface area contributed by atoms with Gasteiger partial charge in [0, 0.05) is 5.41 Å². The molecule has 0 spiro atoms. The number of nitrogens with two attached hydrogens (primary N) is 1. The van der Waals surface area contributed by atoms with Gasteiger partial charge in [0.05, 0.1) is 11.5 Å². The smallest absolute Gasteiger partial charge is 0.223 e. The van der Waals surface area contributed by atoms with Crippen LogP contribution in [0.4, 0.5) is 0 Å². The number of carbonyl (C=O) groups excluding carboxylic acids is 1. The lowest BCUT2D eigenvalue weighted by Crippen LogP contribution is -2.33.